The van der Waals surface area contributed by atoms with Gasteiger partial charge in [0.2, 0.25) is 0 Å². The number of aryl methyl sites for hydroxylation is 1. The predicted molar refractivity (Wildman–Crippen MR) is 58.2 cm³/mol. The van der Waals surface area contributed by atoms with Crippen LogP contribution < -0.4 is 0 Å². The second-order valence-corrected chi connectivity index (χ2v) is 4.21. The lowest BCUT2D eigenvalue weighted by atomic mass is 10.1. The number of rotatable bonds is 5. The Kier molecular flexibility index (Phi) is 4.76. The number of aldehydes is 1. The third kappa shape index (κ3) is 4.23. The average molecular weight is 241 g/mol. The van der Waals surface area contributed by atoms with E-state index in [2.05, 4.69) is 28.1 Å². The van der Waals surface area contributed by atoms with Gasteiger partial charge in [-0.3, -0.25) is 0 Å². The number of hydrogen-bond acceptors (Lipinski definition) is 1. The van der Waals surface area contributed by atoms with E-state index in [1.54, 1.807) is 0 Å². The summed E-state index contributed by atoms with van der Waals surface area (Å²) in [5.74, 6) is 0. The van der Waals surface area contributed by atoms with Gasteiger partial charge in [-0.2, -0.15) is 0 Å². The van der Waals surface area contributed by atoms with Gasteiger partial charge in [-0.25, -0.2) is 0 Å². The Bertz CT molecular complexity index is 246. The zero-order valence-electron chi connectivity index (χ0n) is 7.45. The molecule has 2 heteroatoms. The van der Waals surface area contributed by atoms with Crippen molar-refractivity contribution in [1.82, 2.24) is 0 Å². The van der Waals surface area contributed by atoms with Gasteiger partial charge in [-0.1, -0.05) is 46.3 Å². The standard InChI is InChI=1S/C11H13BrO/c12-11(9-13)8-4-7-10-5-2-1-3-6-10/h1-3,5-6,9,11H,4,7-8H2. The molecule has 0 radical (unpaired) electrons. The number of alkyl halides is 1. The molecule has 13 heavy (non-hydrogen) atoms. The van der Waals surface area contributed by atoms with E-state index in [1.165, 1.54) is 5.56 Å². The molecule has 1 aromatic carbocycles. The van der Waals surface area contributed by atoms with Gasteiger partial charge >= 0.3 is 0 Å². The molecule has 1 rings (SSSR count). The molecule has 1 unspecified atom stereocenters. The molecule has 0 saturated carbocycles. The quantitative estimate of drug-likeness (QED) is 0.572. The lowest BCUT2D eigenvalue weighted by Gasteiger charge is -2.01. The summed E-state index contributed by atoms with van der Waals surface area (Å²) in [6.45, 7) is 0. The van der Waals surface area contributed by atoms with Crippen LogP contribution in [-0.2, 0) is 11.2 Å². The Hall–Kier alpha value is -0.630. The summed E-state index contributed by atoms with van der Waals surface area (Å²) in [7, 11) is 0. The second kappa shape index (κ2) is 5.92. The van der Waals surface area contributed by atoms with Crippen molar-refractivity contribution in [1.29, 1.82) is 0 Å². The van der Waals surface area contributed by atoms with Gasteiger partial charge in [-0.05, 0) is 24.8 Å². The molecule has 0 aromatic heterocycles. The summed E-state index contributed by atoms with van der Waals surface area (Å²) in [6.07, 6.45) is 3.97. The summed E-state index contributed by atoms with van der Waals surface area (Å²) in [5.41, 5.74) is 1.34. The Morgan fingerprint density at radius 1 is 1.31 bits per heavy atom. The highest BCUT2D eigenvalue weighted by Crippen LogP contribution is 2.09. The van der Waals surface area contributed by atoms with Crippen LogP contribution in [0.5, 0.6) is 0 Å². The molecular formula is C11H13BrO. The smallest absolute Gasteiger partial charge is 0.133 e. The molecule has 0 heterocycles. The monoisotopic (exact) mass is 240 g/mol. The Labute approximate surface area is 87.3 Å². The molecule has 70 valence electrons. The van der Waals surface area contributed by atoms with Crippen molar-refractivity contribution in [2.75, 3.05) is 0 Å². The zero-order chi connectivity index (χ0) is 9.52. The van der Waals surface area contributed by atoms with Gasteiger partial charge in [0.25, 0.3) is 0 Å². The predicted octanol–water partition coefficient (Wildman–Crippen LogP) is 2.97. The van der Waals surface area contributed by atoms with Gasteiger partial charge in [0.15, 0.2) is 0 Å². The molecule has 0 aliphatic carbocycles. The van der Waals surface area contributed by atoms with Gasteiger partial charge in [0.05, 0.1) is 4.83 Å². The fourth-order valence-electron chi connectivity index (χ4n) is 1.21. The van der Waals surface area contributed by atoms with Crippen LogP contribution >= 0.6 is 15.9 Å². The molecule has 0 amide bonds. The molecule has 0 aliphatic rings. The van der Waals surface area contributed by atoms with E-state index in [4.69, 9.17) is 0 Å². The second-order valence-electron chi connectivity index (χ2n) is 3.03. The molecule has 0 aliphatic heterocycles. The SMILES string of the molecule is O=CC(Br)CCCc1ccccc1. The Morgan fingerprint density at radius 3 is 2.62 bits per heavy atom. The van der Waals surface area contributed by atoms with Gasteiger partial charge in [0.1, 0.15) is 6.29 Å². The van der Waals surface area contributed by atoms with Crippen LogP contribution in [0.15, 0.2) is 30.3 Å². The van der Waals surface area contributed by atoms with E-state index in [-0.39, 0.29) is 4.83 Å². The topological polar surface area (TPSA) is 17.1 Å². The van der Waals surface area contributed by atoms with Gasteiger partial charge < -0.3 is 4.79 Å². The van der Waals surface area contributed by atoms with E-state index < -0.39 is 0 Å². The van der Waals surface area contributed by atoms with Crippen LogP contribution in [0.2, 0.25) is 0 Å². The maximum Gasteiger partial charge on any atom is 0.133 e. The summed E-state index contributed by atoms with van der Waals surface area (Å²) in [4.78, 5) is 10.3. The van der Waals surface area contributed by atoms with E-state index in [0.29, 0.717) is 0 Å². The van der Waals surface area contributed by atoms with Gasteiger partial charge in [-0.15, -0.1) is 0 Å². The zero-order valence-corrected chi connectivity index (χ0v) is 9.03. The minimum Gasteiger partial charge on any atom is -0.302 e. The first-order valence-electron chi connectivity index (χ1n) is 4.46. The first-order valence-corrected chi connectivity index (χ1v) is 5.38. The maximum absolute atomic E-state index is 10.3. The summed E-state index contributed by atoms with van der Waals surface area (Å²) in [6, 6.07) is 10.3. The van der Waals surface area contributed by atoms with Crippen molar-refractivity contribution in [3.05, 3.63) is 35.9 Å². The van der Waals surface area contributed by atoms with Crippen molar-refractivity contribution < 1.29 is 4.79 Å². The highest BCUT2D eigenvalue weighted by atomic mass is 79.9. The van der Waals surface area contributed by atoms with Crippen molar-refractivity contribution in [3.63, 3.8) is 0 Å². The number of halogens is 1. The number of carbonyl (C=O) groups excluding carboxylic acids is 1. The van der Waals surface area contributed by atoms with E-state index >= 15 is 0 Å². The van der Waals surface area contributed by atoms with E-state index in [9.17, 15) is 4.79 Å². The molecular weight excluding hydrogens is 228 g/mol. The van der Waals surface area contributed by atoms with Crippen molar-refractivity contribution in [2.24, 2.45) is 0 Å². The third-order valence-electron chi connectivity index (χ3n) is 1.94. The fourth-order valence-corrected chi connectivity index (χ4v) is 1.54. The number of benzene rings is 1. The van der Waals surface area contributed by atoms with Crippen molar-refractivity contribution >= 4 is 22.2 Å². The summed E-state index contributed by atoms with van der Waals surface area (Å²) in [5, 5.41) is 0. The summed E-state index contributed by atoms with van der Waals surface area (Å²) >= 11 is 3.28. The molecule has 1 nitrogen and oxygen atoms in total. The largest absolute Gasteiger partial charge is 0.302 e. The minimum absolute atomic E-state index is 0.0243. The van der Waals surface area contributed by atoms with Crippen LogP contribution in [0.1, 0.15) is 18.4 Å². The number of carbonyl (C=O) groups is 1. The molecule has 0 fully saturated rings. The highest BCUT2D eigenvalue weighted by molar-refractivity contribution is 9.09. The first-order chi connectivity index (χ1) is 6.33. The Morgan fingerprint density at radius 2 is 2.00 bits per heavy atom. The normalized spacial score (nSPS) is 12.4. The molecule has 0 N–H and O–H groups in total. The molecule has 1 atom stereocenters. The van der Waals surface area contributed by atoms with E-state index in [1.807, 2.05) is 18.2 Å². The summed E-state index contributed by atoms with van der Waals surface area (Å²) < 4.78 is 0. The average Bonchev–Trinajstić information content (AvgIpc) is 2.19. The maximum atomic E-state index is 10.3. The molecule has 0 spiro atoms. The van der Waals surface area contributed by atoms with Crippen LogP contribution in [0.3, 0.4) is 0 Å². The van der Waals surface area contributed by atoms with Crippen LogP contribution in [0.25, 0.3) is 0 Å². The minimum atomic E-state index is 0.0243. The number of hydrogen-bond donors (Lipinski definition) is 0. The first kappa shape index (κ1) is 10.5. The van der Waals surface area contributed by atoms with Crippen LogP contribution in [-0.4, -0.2) is 11.1 Å². The lowest BCUT2D eigenvalue weighted by molar-refractivity contribution is -0.107. The fraction of sp³-hybridized carbons (Fsp3) is 0.364. The van der Waals surface area contributed by atoms with Crippen LogP contribution in [0.4, 0.5) is 0 Å². The molecule has 0 bridgehead atoms. The highest BCUT2D eigenvalue weighted by Gasteiger charge is 2.00. The van der Waals surface area contributed by atoms with Crippen molar-refractivity contribution in [2.45, 2.75) is 24.1 Å². The van der Waals surface area contributed by atoms with Crippen molar-refractivity contribution in [3.8, 4) is 0 Å². The van der Waals surface area contributed by atoms with Gasteiger partial charge in [0, 0.05) is 0 Å². The van der Waals surface area contributed by atoms with E-state index in [0.717, 1.165) is 25.5 Å². The molecule has 0 saturated heterocycles. The lowest BCUT2D eigenvalue weighted by Crippen LogP contribution is -1.99. The third-order valence-corrected chi connectivity index (χ3v) is 2.61. The van der Waals surface area contributed by atoms with Crippen LogP contribution in [0, 0.1) is 0 Å². The Balaban J connectivity index is 2.24. The molecule has 1 aromatic rings.